The number of hydrogen-bond donors (Lipinski definition) is 6. The van der Waals surface area contributed by atoms with Gasteiger partial charge >= 0.3 is 0 Å². The van der Waals surface area contributed by atoms with E-state index in [4.69, 9.17) is 9.47 Å². The molecule has 0 aromatic heterocycles. The van der Waals surface area contributed by atoms with Crippen molar-refractivity contribution in [3.63, 3.8) is 0 Å². The first-order valence-corrected chi connectivity index (χ1v) is 33.6. The van der Waals surface area contributed by atoms with Gasteiger partial charge in [-0.25, -0.2) is 0 Å². The molecule has 0 saturated carbocycles. The Morgan fingerprint density at radius 3 is 1.07 bits per heavy atom. The van der Waals surface area contributed by atoms with E-state index in [1.807, 2.05) is 6.08 Å². The summed E-state index contributed by atoms with van der Waals surface area (Å²) in [6.45, 7) is 3.83. The standard InChI is InChI=1S/C67H129NO8/c1-3-5-7-9-11-13-15-17-19-21-23-25-27-28-29-30-31-32-33-34-35-37-39-41-43-45-47-49-51-53-55-57-63(71)68-60(59-75-67-66(74)65(73)64(72)62(58-69)76-67)61(70)56-54-52-50-48-46-44-42-40-38-36-26-24-22-20-18-16-14-12-10-8-6-4-2/h28-29,54,56,60-62,64-67,69-70,72-74H,3-27,30-53,55,57-59H2,1-2H3,(H,68,71)/b29-28-,56-54+. The molecule has 1 rings (SSSR count). The van der Waals surface area contributed by atoms with Gasteiger partial charge in [0.1, 0.15) is 24.4 Å². The number of ether oxygens (including phenoxy) is 2. The normalized spacial score (nSPS) is 18.9. The highest BCUT2D eigenvalue weighted by Gasteiger charge is 2.44. The molecule has 7 atom stereocenters. The van der Waals surface area contributed by atoms with Crippen LogP contribution in [0.3, 0.4) is 0 Å². The molecule has 1 aliphatic rings. The zero-order valence-corrected chi connectivity index (χ0v) is 50.3. The highest BCUT2D eigenvalue weighted by molar-refractivity contribution is 5.76. The highest BCUT2D eigenvalue weighted by Crippen LogP contribution is 2.23. The van der Waals surface area contributed by atoms with Gasteiger partial charge in [0.2, 0.25) is 5.91 Å². The van der Waals surface area contributed by atoms with Crippen molar-refractivity contribution >= 4 is 5.91 Å². The van der Waals surface area contributed by atoms with E-state index in [9.17, 15) is 30.3 Å². The Morgan fingerprint density at radius 2 is 0.737 bits per heavy atom. The average Bonchev–Trinajstić information content (AvgIpc) is 3.42. The van der Waals surface area contributed by atoms with E-state index in [0.29, 0.717) is 6.42 Å². The second-order valence-corrected chi connectivity index (χ2v) is 23.6. The number of aliphatic hydroxyl groups is 5. The van der Waals surface area contributed by atoms with Crippen LogP contribution in [0.5, 0.6) is 0 Å². The quantitative estimate of drug-likeness (QED) is 0.0261. The van der Waals surface area contributed by atoms with Crippen molar-refractivity contribution in [2.75, 3.05) is 13.2 Å². The van der Waals surface area contributed by atoms with Crippen molar-refractivity contribution in [1.82, 2.24) is 5.32 Å². The topological polar surface area (TPSA) is 149 Å². The molecule has 450 valence electrons. The van der Waals surface area contributed by atoms with Crippen molar-refractivity contribution in [2.45, 2.75) is 384 Å². The van der Waals surface area contributed by atoms with Crippen molar-refractivity contribution in [2.24, 2.45) is 0 Å². The van der Waals surface area contributed by atoms with Gasteiger partial charge in [-0.05, 0) is 44.9 Å². The molecule has 0 aromatic rings. The summed E-state index contributed by atoms with van der Waals surface area (Å²) in [6.07, 6.45) is 67.0. The number of carbonyl (C=O) groups is 1. The monoisotopic (exact) mass is 1080 g/mol. The lowest BCUT2D eigenvalue weighted by Gasteiger charge is -2.40. The molecule has 1 heterocycles. The first-order valence-electron chi connectivity index (χ1n) is 33.6. The van der Waals surface area contributed by atoms with Crippen LogP contribution in [0.2, 0.25) is 0 Å². The Labute approximate surface area is 470 Å². The molecule has 6 N–H and O–H groups in total. The minimum atomic E-state index is -1.57. The summed E-state index contributed by atoms with van der Waals surface area (Å²) in [5.74, 6) is -0.170. The fourth-order valence-electron chi connectivity index (χ4n) is 11.0. The Bertz CT molecular complexity index is 1250. The summed E-state index contributed by atoms with van der Waals surface area (Å²) in [6, 6.07) is -0.804. The maximum Gasteiger partial charge on any atom is 0.220 e. The van der Waals surface area contributed by atoms with Gasteiger partial charge in [-0.15, -0.1) is 0 Å². The number of carbonyl (C=O) groups excluding carboxylic acids is 1. The van der Waals surface area contributed by atoms with Gasteiger partial charge in [0.05, 0.1) is 25.4 Å². The minimum Gasteiger partial charge on any atom is -0.394 e. The molecule has 7 unspecified atom stereocenters. The predicted molar refractivity (Wildman–Crippen MR) is 323 cm³/mol. The molecular weight excluding hydrogens is 947 g/mol. The van der Waals surface area contributed by atoms with Crippen molar-refractivity contribution < 1.29 is 39.8 Å². The summed E-state index contributed by atoms with van der Waals surface area (Å²) >= 11 is 0. The molecule has 9 heteroatoms. The predicted octanol–water partition coefficient (Wildman–Crippen LogP) is 17.7. The number of rotatable bonds is 59. The molecule has 0 aliphatic carbocycles. The SMILES string of the molecule is CCCCCCCCCCCCCC/C=C\CCCCCCCCCCCCCCCCCC(=O)NC(COC1OC(CO)C(O)C(O)C1O)C(O)/C=C/CCCCCCCCCCCCCCCCCCCCCC. The van der Waals surface area contributed by atoms with Gasteiger partial charge in [0.25, 0.3) is 0 Å². The Balaban J connectivity index is 2.13. The second-order valence-electron chi connectivity index (χ2n) is 23.6. The van der Waals surface area contributed by atoms with Crippen molar-refractivity contribution in [1.29, 1.82) is 0 Å². The molecule has 0 radical (unpaired) electrons. The van der Waals surface area contributed by atoms with E-state index < -0.39 is 49.5 Å². The summed E-state index contributed by atoms with van der Waals surface area (Å²) in [5.41, 5.74) is 0. The van der Waals surface area contributed by atoms with Gasteiger partial charge in [-0.2, -0.15) is 0 Å². The molecule has 1 saturated heterocycles. The van der Waals surface area contributed by atoms with Crippen LogP contribution in [0.4, 0.5) is 0 Å². The lowest BCUT2D eigenvalue weighted by Crippen LogP contribution is -2.60. The smallest absolute Gasteiger partial charge is 0.220 e. The number of amides is 1. The lowest BCUT2D eigenvalue weighted by molar-refractivity contribution is -0.302. The van der Waals surface area contributed by atoms with Crippen LogP contribution >= 0.6 is 0 Å². The van der Waals surface area contributed by atoms with Crippen LogP contribution in [0, 0.1) is 0 Å². The maximum absolute atomic E-state index is 13.1. The largest absolute Gasteiger partial charge is 0.394 e. The Morgan fingerprint density at radius 1 is 0.434 bits per heavy atom. The number of unbranched alkanes of at least 4 members (excludes halogenated alkanes) is 47. The lowest BCUT2D eigenvalue weighted by atomic mass is 9.99. The van der Waals surface area contributed by atoms with Crippen LogP contribution in [-0.4, -0.2) is 87.5 Å². The van der Waals surface area contributed by atoms with Gasteiger partial charge in [0.15, 0.2) is 6.29 Å². The molecule has 1 aliphatic heterocycles. The van der Waals surface area contributed by atoms with E-state index >= 15 is 0 Å². The minimum absolute atomic E-state index is 0.170. The summed E-state index contributed by atoms with van der Waals surface area (Å²) < 4.78 is 11.3. The fraction of sp³-hybridized carbons (Fsp3) is 0.925. The van der Waals surface area contributed by atoms with Gasteiger partial charge < -0.3 is 40.3 Å². The molecule has 9 nitrogen and oxygen atoms in total. The summed E-state index contributed by atoms with van der Waals surface area (Å²) in [5, 5.41) is 54.7. The number of allylic oxidation sites excluding steroid dienone is 3. The van der Waals surface area contributed by atoms with E-state index in [-0.39, 0.29) is 12.5 Å². The summed E-state index contributed by atoms with van der Waals surface area (Å²) in [7, 11) is 0. The highest BCUT2D eigenvalue weighted by atomic mass is 16.7. The molecule has 1 fully saturated rings. The molecule has 1 amide bonds. The third-order valence-corrected chi connectivity index (χ3v) is 16.3. The van der Waals surface area contributed by atoms with E-state index in [0.717, 1.165) is 38.5 Å². The van der Waals surface area contributed by atoms with Crippen LogP contribution in [-0.2, 0) is 14.3 Å². The molecular formula is C67H129NO8. The van der Waals surface area contributed by atoms with E-state index in [1.54, 1.807) is 6.08 Å². The number of nitrogens with one attached hydrogen (secondary N) is 1. The van der Waals surface area contributed by atoms with Crippen LogP contribution in [0.1, 0.15) is 341 Å². The van der Waals surface area contributed by atoms with Crippen LogP contribution < -0.4 is 5.32 Å². The van der Waals surface area contributed by atoms with Crippen LogP contribution in [0.25, 0.3) is 0 Å². The molecule has 0 bridgehead atoms. The van der Waals surface area contributed by atoms with Gasteiger partial charge in [-0.3, -0.25) is 4.79 Å². The zero-order valence-electron chi connectivity index (χ0n) is 50.3. The van der Waals surface area contributed by atoms with E-state index in [1.165, 1.54) is 283 Å². The molecule has 0 spiro atoms. The third-order valence-electron chi connectivity index (χ3n) is 16.3. The first-order chi connectivity index (χ1) is 37.3. The Hall–Kier alpha value is -1.33. The number of aliphatic hydroxyl groups excluding tert-OH is 5. The number of hydrogen-bond acceptors (Lipinski definition) is 8. The molecule has 0 aromatic carbocycles. The zero-order chi connectivity index (χ0) is 55.0. The second kappa shape index (κ2) is 56.9. The fourth-order valence-corrected chi connectivity index (χ4v) is 11.0. The first kappa shape index (κ1) is 72.7. The van der Waals surface area contributed by atoms with Crippen molar-refractivity contribution in [3.05, 3.63) is 24.3 Å². The van der Waals surface area contributed by atoms with Gasteiger partial charge in [-0.1, -0.05) is 314 Å². The third kappa shape index (κ3) is 45.4. The van der Waals surface area contributed by atoms with Gasteiger partial charge in [0, 0.05) is 6.42 Å². The molecule has 76 heavy (non-hydrogen) atoms. The summed E-state index contributed by atoms with van der Waals surface area (Å²) in [4.78, 5) is 13.1. The average molecular weight is 1080 g/mol. The van der Waals surface area contributed by atoms with Crippen molar-refractivity contribution in [3.8, 4) is 0 Å². The van der Waals surface area contributed by atoms with Crippen LogP contribution in [0.15, 0.2) is 24.3 Å². The van der Waals surface area contributed by atoms with E-state index in [2.05, 4.69) is 31.3 Å². The Kier molecular flexibility index (Phi) is 54.4. The maximum atomic E-state index is 13.1.